The molecule has 0 radical (unpaired) electrons. The smallest absolute Gasteiger partial charge is 0.120 e. The summed E-state index contributed by atoms with van der Waals surface area (Å²) in [6.07, 6.45) is 0. The summed E-state index contributed by atoms with van der Waals surface area (Å²) in [4.78, 5) is 0. The molecule has 2 aromatic carbocycles. The van der Waals surface area contributed by atoms with Crippen molar-refractivity contribution < 1.29 is 4.74 Å². The highest BCUT2D eigenvalue weighted by Crippen LogP contribution is 2.20. The van der Waals surface area contributed by atoms with Crippen molar-refractivity contribution in [1.82, 2.24) is 0 Å². The third-order valence-electron chi connectivity index (χ3n) is 2.70. The molecule has 0 atom stereocenters. The Hall–Kier alpha value is -1.28. The molecule has 0 aliphatic carbocycles. The molecular weight excluding hydrogens is 276 g/mol. The molecule has 0 spiro atoms. The number of rotatable bonds is 3. The fraction of sp³-hybridized carbons (Fsp3) is 0.200. The first-order chi connectivity index (χ1) is 8.15. The van der Waals surface area contributed by atoms with Crippen LogP contribution in [0.15, 0.2) is 46.9 Å². The van der Waals surface area contributed by atoms with Gasteiger partial charge in [-0.25, -0.2) is 0 Å². The van der Waals surface area contributed by atoms with Crippen LogP contribution < -0.4 is 4.74 Å². The summed E-state index contributed by atoms with van der Waals surface area (Å²) in [6, 6.07) is 14.3. The summed E-state index contributed by atoms with van der Waals surface area (Å²) >= 11 is 3.43. The van der Waals surface area contributed by atoms with E-state index in [1.807, 2.05) is 24.3 Å². The lowest BCUT2D eigenvalue weighted by Gasteiger charge is -2.09. The fourth-order valence-electron chi connectivity index (χ4n) is 1.67. The Balaban J connectivity index is 2.09. The minimum atomic E-state index is 0.615. The van der Waals surface area contributed by atoms with Crippen molar-refractivity contribution in [2.24, 2.45) is 0 Å². The summed E-state index contributed by atoms with van der Waals surface area (Å²) in [5.74, 6) is 0.889. The van der Waals surface area contributed by atoms with Crippen molar-refractivity contribution in [3.05, 3.63) is 63.6 Å². The van der Waals surface area contributed by atoms with Crippen molar-refractivity contribution in [1.29, 1.82) is 0 Å². The predicted molar refractivity (Wildman–Crippen MR) is 74.4 cm³/mol. The SMILES string of the molecule is Cc1ccc(C)c(COc2cccc(Br)c2)c1. The Labute approximate surface area is 111 Å². The number of benzene rings is 2. The Morgan fingerprint density at radius 3 is 2.65 bits per heavy atom. The van der Waals surface area contributed by atoms with E-state index in [1.165, 1.54) is 16.7 Å². The number of halogens is 1. The maximum atomic E-state index is 5.78. The van der Waals surface area contributed by atoms with Crippen LogP contribution in [0.5, 0.6) is 5.75 Å². The molecule has 0 fully saturated rings. The number of hydrogen-bond donors (Lipinski definition) is 0. The average Bonchev–Trinajstić information content (AvgIpc) is 2.30. The second kappa shape index (κ2) is 5.37. The minimum Gasteiger partial charge on any atom is -0.489 e. The van der Waals surface area contributed by atoms with Crippen molar-refractivity contribution in [3.63, 3.8) is 0 Å². The zero-order chi connectivity index (χ0) is 12.3. The van der Waals surface area contributed by atoms with Crippen LogP contribution in [0.3, 0.4) is 0 Å². The molecule has 2 heteroatoms. The highest BCUT2D eigenvalue weighted by atomic mass is 79.9. The Morgan fingerprint density at radius 1 is 1.06 bits per heavy atom. The third kappa shape index (κ3) is 3.34. The van der Waals surface area contributed by atoms with Gasteiger partial charge in [-0.05, 0) is 43.2 Å². The summed E-state index contributed by atoms with van der Waals surface area (Å²) in [5.41, 5.74) is 3.78. The molecule has 88 valence electrons. The zero-order valence-electron chi connectivity index (χ0n) is 10.0. The largest absolute Gasteiger partial charge is 0.489 e. The van der Waals surface area contributed by atoms with E-state index in [0.29, 0.717) is 6.61 Å². The van der Waals surface area contributed by atoms with Gasteiger partial charge in [0.2, 0.25) is 0 Å². The molecule has 2 rings (SSSR count). The van der Waals surface area contributed by atoms with Gasteiger partial charge < -0.3 is 4.74 Å². The number of ether oxygens (including phenoxy) is 1. The van der Waals surface area contributed by atoms with E-state index in [4.69, 9.17) is 4.74 Å². The lowest BCUT2D eigenvalue weighted by Crippen LogP contribution is -1.98. The molecule has 0 aliphatic rings. The van der Waals surface area contributed by atoms with E-state index in [-0.39, 0.29) is 0 Å². The molecule has 17 heavy (non-hydrogen) atoms. The van der Waals surface area contributed by atoms with Crippen LogP contribution >= 0.6 is 15.9 Å². The van der Waals surface area contributed by atoms with Crippen molar-refractivity contribution >= 4 is 15.9 Å². The first-order valence-corrected chi connectivity index (χ1v) is 6.39. The van der Waals surface area contributed by atoms with Gasteiger partial charge in [-0.3, -0.25) is 0 Å². The molecule has 0 aliphatic heterocycles. The first-order valence-electron chi connectivity index (χ1n) is 5.59. The highest BCUT2D eigenvalue weighted by Gasteiger charge is 2.00. The second-order valence-corrected chi connectivity index (χ2v) is 5.09. The summed E-state index contributed by atoms with van der Waals surface area (Å²) < 4.78 is 6.82. The predicted octanol–water partition coefficient (Wildman–Crippen LogP) is 4.64. The van der Waals surface area contributed by atoms with Gasteiger partial charge in [0.05, 0.1) is 0 Å². The average molecular weight is 291 g/mol. The van der Waals surface area contributed by atoms with E-state index < -0.39 is 0 Å². The number of hydrogen-bond acceptors (Lipinski definition) is 1. The van der Waals surface area contributed by atoms with Crippen LogP contribution in [0, 0.1) is 13.8 Å². The molecule has 0 aromatic heterocycles. The molecule has 0 N–H and O–H groups in total. The molecule has 0 bridgehead atoms. The lowest BCUT2D eigenvalue weighted by molar-refractivity contribution is 0.305. The summed E-state index contributed by atoms with van der Waals surface area (Å²) in [6.45, 7) is 4.82. The normalized spacial score (nSPS) is 10.3. The van der Waals surface area contributed by atoms with Gasteiger partial charge in [0.1, 0.15) is 12.4 Å². The van der Waals surface area contributed by atoms with Crippen LogP contribution in [0.25, 0.3) is 0 Å². The molecule has 0 unspecified atom stereocenters. The standard InChI is InChI=1S/C15H15BrO/c1-11-6-7-12(2)13(8-11)10-17-15-5-3-4-14(16)9-15/h3-9H,10H2,1-2H3. The topological polar surface area (TPSA) is 9.23 Å². The van der Waals surface area contributed by atoms with E-state index in [1.54, 1.807) is 0 Å². The molecule has 2 aromatic rings. The van der Waals surface area contributed by atoms with Crippen molar-refractivity contribution in [2.45, 2.75) is 20.5 Å². The minimum absolute atomic E-state index is 0.615. The Morgan fingerprint density at radius 2 is 1.88 bits per heavy atom. The maximum Gasteiger partial charge on any atom is 0.120 e. The Bertz CT molecular complexity index is 520. The fourth-order valence-corrected chi connectivity index (χ4v) is 2.05. The van der Waals surface area contributed by atoms with Gasteiger partial charge in [0.15, 0.2) is 0 Å². The van der Waals surface area contributed by atoms with Crippen LogP contribution in [-0.2, 0) is 6.61 Å². The molecular formula is C15H15BrO. The van der Waals surface area contributed by atoms with Gasteiger partial charge in [-0.1, -0.05) is 45.8 Å². The van der Waals surface area contributed by atoms with E-state index in [0.717, 1.165) is 10.2 Å². The molecule has 0 saturated heterocycles. The monoisotopic (exact) mass is 290 g/mol. The van der Waals surface area contributed by atoms with E-state index >= 15 is 0 Å². The lowest BCUT2D eigenvalue weighted by atomic mass is 10.1. The number of aryl methyl sites for hydroxylation is 2. The third-order valence-corrected chi connectivity index (χ3v) is 3.19. The van der Waals surface area contributed by atoms with Gasteiger partial charge >= 0.3 is 0 Å². The second-order valence-electron chi connectivity index (χ2n) is 4.18. The van der Waals surface area contributed by atoms with Gasteiger partial charge in [0.25, 0.3) is 0 Å². The van der Waals surface area contributed by atoms with Gasteiger partial charge in [-0.15, -0.1) is 0 Å². The molecule has 0 saturated carbocycles. The van der Waals surface area contributed by atoms with Crippen LogP contribution in [0.4, 0.5) is 0 Å². The summed E-state index contributed by atoms with van der Waals surface area (Å²) in [7, 11) is 0. The van der Waals surface area contributed by atoms with Gasteiger partial charge in [0, 0.05) is 4.47 Å². The van der Waals surface area contributed by atoms with E-state index in [9.17, 15) is 0 Å². The maximum absolute atomic E-state index is 5.78. The highest BCUT2D eigenvalue weighted by molar-refractivity contribution is 9.10. The van der Waals surface area contributed by atoms with Crippen molar-refractivity contribution in [2.75, 3.05) is 0 Å². The molecule has 0 amide bonds. The summed E-state index contributed by atoms with van der Waals surface area (Å²) in [5, 5.41) is 0. The van der Waals surface area contributed by atoms with E-state index in [2.05, 4.69) is 48.0 Å². The van der Waals surface area contributed by atoms with Crippen LogP contribution in [-0.4, -0.2) is 0 Å². The van der Waals surface area contributed by atoms with Gasteiger partial charge in [-0.2, -0.15) is 0 Å². The first kappa shape index (κ1) is 12.2. The van der Waals surface area contributed by atoms with Crippen LogP contribution in [0.2, 0.25) is 0 Å². The molecule has 0 heterocycles. The quantitative estimate of drug-likeness (QED) is 0.800. The van der Waals surface area contributed by atoms with Crippen LogP contribution in [0.1, 0.15) is 16.7 Å². The van der Waals surface area contributed by atoms with Crippen molar-refractivity contribution in [3.8, 4) is 5.75 Å². The zero-order valence-corrected chi connectivity index (χ0v) is 11.6. The molecule has 1 nitrogen and oxygen atoms in total. The Kier molecular flexibility index (Phi) is 3.85.